The van der Waals surface area contributed by atoms with E-state index in [0.29, 0.717) is 36.1 Å². The van der Waals surface area contributed by atoms with Crippen molar-refractivity contribution in [3.63, 3.8) is 0 Å². The minimum Gasteiger partial charge on any atom is -0.442 e. The van der Waals surface area contributed by atoms with Gasteiger partial charge >= 0.3 is 12.3 Å². The summed E-state index contributed by atoms with van der Waals surface area (Å²) < 4.78 is 45.8. The molecular formula is C26H27F3N2O3S. The Morgan fingerprint density at radius 3 is 2.31 bits per heavy atom. The summed E-state index contributed by atoms with van der Waals surface area (Å²) in [5.74, 6) is 0. The summed E-state index contributed by atoms with van der Waals surface area (Å²) in [4.78, 5) is 24.7. The fourth-order valence-corrected chi connectivity index (χ4v) is 4.62. The van der Waals surface area contributed by atoms with Gasteiger partial charge in [-0.1, -0.05) is 30.3 Å². The molecule has 9 heteroatoms. The van der Waals surface area contributed by atoms with Crippen LogP contribution in [-0.2, 0) is 15.7 Å². The molecule has 3 aromatic rings. The molecule has 2 aromatic carbocycles. The van der Waals surface area contributed by atoms with E-state index < -0.39 is 23.4 Å². The van der Waals surface area contributed by atoms with Gasteiger partial charge in [-0.2, -0.15) is 23.0 Å². The van der Waals surface area contributed by atoms with Gasteiger partial charge in [0.2, 0.25) is 0 Å². The van der Waals surface area contributed by atoms with Crippen molar-refractivity contribution < 1.29 is 27.5 Å². The molecule has 1 aromatic heterocycles. The molecule has 3 rings (SSSR count). The van der Waals surface area contributed by atoms with E-state index in [-0.39, 0.29) is 5.25 Å². The Balaban J connectivity index is 2.07. The number of nitrogens with zero attached hydrogens (tertiary/aromatic N) is 2. The highest BCUT2D eigenvalue weighted by Crippen LogP contribution is 2.43. The first kappa shape index (κ1) is 26.5. The first-order valence-corrected chi connectivity index (χ1v) is 12.0. The molecule has 1 unspecified atom stereocenters. The number of aldehydes is 1. The molecule has 1 atom stereocenters. The van der Waals surface area contributed by atoms with Gasteiger partial charge in [-0.3, -0.25) is 0 Å². The van der Waals surface area contributed by atoms with Gasteiger partial charge in [0, 0.05) is 33.9 Å². The molecule has 0 amide bonds. The van der Waals surface area contributed by atoms with Crippen LogP contribution in [0.15, 0.2) is 65.7 Å². The van der Waals surface area contributed by atoms with Gasteiger partial charge in [0.05, 0.1) is 11.3 Å². The third-order valence-corrected chi connectivity index (χ3v) is 6.28. The summed E-state index contributed by atoms with van der Waals surface area (Å²) in [6.45, 7) is 5.21. The van der Waals surface area contributed by atoms with E-state index >= 15 is 0 Å². The first-order chi connectivity index (χ1) is 16.5. The lowest BCUT2D eigenvalue weighted by molar-refractivity contribution is -0.137. The second kappa shape index (κ2) is 11.1. The number of rotatable bonds is 8. The van der Waals surface area contributed by atoms with Gasteiger partial charge in [-0.15, -0.1) is 11.8 Å². The van der Waals surface area contributed by atoms with Crippen molar-refractivity contribution in [1.82, 2.24) is 9.78 Å². The van der Waals surface area contributed by atoms with Crippen molar-refractivity contribution >= 4 is 24.1 Å². The van der Waals surface area contributed by atoms with Crippen molar-refractivity contribution in [3.8, 4) is 11.3 Å². The van der Waals surface area contributed by atoms with Gasteiger partial charge in [-0.25, -0.2) is 4.79 Å². The molecule has 0 aliphatic rings. The monoisotopic (exact) mass is 504 g/mol. The molecule has 0 fully saturated rings. The SMILES string of the molecule is CC(C)(C)OC(=O)n1cc(C(CCCC=O)Sc2ccccc2)c(-c2ccc(C(F)(F)F)cc2)n1. The van der Waals surface area contributed by atoms with Crippen molar-refractivity contribution in [2.45, 2.75) is 62.0 Å². The summed E-state index contributed by atoms with van der Waals surface area (Å²) in [7, 11) is 0. The molecule has 0 N–H and O–H groups in total. The highest BCUT2D eigenvalue weighted by Gasteiger charge is 2.31. The predicted molar refractivity (Wildman–Crippen MR) is 129 cm³/mol. The quantitative estimate of drug-likeness (QED) is 0.180. The number of unbranched alkanes of at least 4 members (excludes halogenated alkanes) is 1. The average Bonchev–Trinajstić information content (AvgIpc) is 3.23. The molecule has 0 radical (unpaired) electrons. The third-order valence-electron chi connectivity index (χ3n) is 4.97. The Morgan fingerprint density at radius 1 is 1.09 bits per heavy atom. The number of hydrogen-bond acceptors (Lipinski definition) is 5. The Kier molecular flexibility index (Phi) is 8.43. The number of aromatic nitrogens is 2. The highest BCUT2D eigenvalue weighted by atomic mass is 32.2. The Hall–Kier alpha value is -3.07. The summed E-state index contributed by atoms with van der Waals surface area (Å²) in [5.41, 5.74) is -0.000674. The van der Waals surface area contributed by atoms with E-state index in [1.54, 1.807) is 38.7 Å². The van der Waals surface area contributed by atoms with Crippen LogP contribution < -0.4 is 0 Å². The number of hydrogen-bond donors (Lipinski definition) is 0. The molecule has 0 saturated carbocycles. The Bertz CT molecular complexity index is 1140. The topological polar surface area (TPSA) is 61.2 Å². The van der Waals surface area contributed by atoms with Crippen LogP contribution in [0, 0.1) is 0 Å². The number of alkyl halides is 3. The minimum absolute atomic E-state index is 0.203. The lowest BCUT2D eigenvalue weighted by Gasteiger charge is -2.18. The van der Waals surface area contributed by atoms with Gasteiger partial charge < -0.3 is 9.53 Å². The molecule has 0 saturated heterocycles. The zero-order valence-corrected chi connectivity index (χ0v) is 20.5. The van der Waals surface area contributed by atoms with Crippen LogP contribution in [0.25, 0.3) is 11.3 Å². The van der Waals surface area contributed by atoms with Crippen LogP contribution >= 0.6 is 11.8 Å². The molecule has 1 heterocycles. The summed E-state index contributed by atoms with van der Waals surface area (Å²) in [5, 5.41) is 4.22. The normalized spacial score (nSPS) is 12.9. The number of benzene rings is 2. The van der Waals surface area contributed by atoms with Crippen LogP contribution in [0.5, 0.6) is 0 Å². The van der Waals surface area contributed by atoms with Gasteiger partial charge in [0.15, 0.2) is 0 Å². The molecule has 0 aliphatic carbocycles. The molecule has 5 nitrogen and oxygen atoms in total. The van der Waals surface area contributed by atoms with Gasteiger partial charge in [0.1, 0.15) is 11.9 Å². The van der Waals surface area contributed by atoms with Crippen LogP contribution in [0.4, 0.5) is 18.0 Å². The maximum atomic E-state index is 13.1. The maximum absolute atomic E-state index is 13.1. The number of halogens is 3. The molecule has 35 heavy (non-hydrogen) atoms. The number of carbonyl (C=O) groups is 2. The Morgan fingerprint density at radius 2 is 1.74 bits per heavy atom. The first-order valence-electron chi connectivity index (χ1n) is 11.1. The fraction of sp³-hybridized carbons (Fsp3) is 0.346. The van der Waals surface area contributed by atoms with Crippen molar-refractivity contribution in [1.29, 1.82) is 0 Å². The second-order valence-corrected chi connectivity index (χ2v) is 10.2. The van der Waals surface area contributed by atoms with E-state index in [1.165, 1.54) is 12.1 Å². The van der Waals surface area contributed by atoms with E-state index in [0.717, 1.165) is 28.0 Å². The lowest BCUT2D eigenvalue weighted by Crippen LogP contribution is -2.27. The van der Waals surface area contributed by atoms with E-state index in [1.807, 2.05) is 30.3 Å². The van der Waals surface area contributed by atoms with Gasteiger partial charge in [-0.05, 0) is 57.9 Å². The molecular weight excluding hydrogens is 477 g/mol. The molecule has 0 aliphatic heterocycles. The van der Waals surface area contributed by atoms with Crippen molar-refractivity contribution in [3.05, 3.63) is 71.9 Å². The second-order valence-electron chi connectivity index (χ2n) is 8.95. The van der Waals surface area contributed by atoms with E-state index in [4.69, 9.17) is 4.74 Å². The minimum atomic E-state index is -4.46. The zero-order valence-electron chi connectivity index (χ0n) is 19.7. The maximum Gasteiger partial charge on any atom is 0.435 e. The largest absolute Gasteiger partial charge is 0.442 e. The number of ether oxygens (including phenoxy) is 1. The Labute approximate surface area is 206 Å². The van der Waals surface area contributed by atoms with Crippen LogP contribution in [0.2, 0.25) is 0 Å². The number of thioether (sulfide) groups is 1. The molecule has 0 spiro atoms. The number of carbonyl (C=O) groups excluding carboxylic acids is 2. The standard InChI is InChI=1S/C26H27F3N2O3S/c1-25(2,3)34-24(33)31-17-21(22(11-7-8-16-32)35-20-9-5-4-6-10-20)23(30-31)18-12-14-19(15-13-18)26(27,28)29/h4-6,9-10,12-17,22H,7-8,11H2,1-3H3. The lowest BCUT2D eigenvalue weighted by atomic mass is 10.0. The molecule has 186 valence electrons. The molecule has 0 bridgehead atoms. The highest BCUT2D eigenvalue weighted by molar-refractivity contribution is 7.99. The van der Waals surface area contributed by atoms with Gasteiger partial charge in [0.25, 0.3) is 0 Å². The van der Waals surface area contributed by atoms with Crippen molar-refractivity contribution in [2.75, 3.05) is 0 Å². The summed E-state index contributed by atoms with van der Waals surface area (Å²) in [6.07, 6.45) is -1.13. The van der Waals surface area contributed by atoms with Crippen LogP contribution in [0.1, 0.15) is 56.4 Å². The van der Waals surface area contributed by atoms with E-state index in [9.17, 15) is 22.8 Å². The van der Waals surface area contributed by atoms with Crippen molar-refractivity contribution in [2.24, 2.45) is 0 Å². The third kappa shape index (κ3) is 7.45. The summed E-state index contributed by atoms with van der Waals surface area (Å²) >= 11 is 1.55. The smallest absolute Gasteiger partial charge is 0.435 e. The van der Waals surface area contributed by atoms with E-state index in [2.05, 4.69) is 5.10 Å². The average molecular weight is 505 g/mol. The van der Waals surface area contributed by atoms with Crippen LogP contribution in [-0.4, -0.2) is 27.8 Å². The summed E-state index contributed by atoms with van der Waals surface area (Å²) in [6, 6.07) is 14.3. The van der Waals surface area contributed by atoms with Crippen LogP contribution in [0.3, 0.4) is 0 Å². The zero-order chi connectivity index (χ0) is 25.6. The fourth-order valence-electron chi connectivity index (χ4n) is 3.39. The predicted octanol–water partition coefficient (Wildman–Crippen LogP) is 7.55.